The van der Waals surface area contributed by atoms with Crippen LogP contribution in [0.3, 0.4) is 0 Å². The third kappa shape index (κ3) is 2.75. The van der Waals surface area contributed by atoms with Gasteiger partial charge in [-0.1, -0.05) is 0 Å². The molecule has 0 spiro atoms. The van der Waals surface area contributed by atoms with Crippen LogP contribution in [-0.2, 0) is 10.0 Å². The van der Waals surface area contributed by atoms with Crippen LogP contribution in [0.25, 0.3) is 0 Å². The Labute approximate surface area is 106 Å². The molecule has 1 aliphatic rings. The molecule has 1 aliphatic heterocycles. The Morgan fingerprint density at radius 1 is 1.44 bits per heavy atom. The van der Waals surface area contributed by atoms with E-state index < -0.39 is 10.0 Å². The summed E-state index contributed by atoms with van der Waals surface area (Å²) < 4.78 is 26.8. The van der Waals surface area contributed by atoms with Gasteiger partial charge in [-0.25, -0.2) is 13.1 Å². The molecule has 0 bridgehead atoms. The number of nitrogens with one attached hydrogen (secondary N) is 2. The highest BCUT2D eigenvalue weighted by molar-refractivity contribution is 7.91. The number of thiophene rings is 1. The summed E-state index contributed by atoms with van der Waals surface area (Å²) >= 11 is 1.33. The molecule has 4 nitrogen and oxygen atoms in total. The molecule has 2 rings (SSSR count). The predicted octanol–water partition coefficient (Wildman–Crippen LogP) is 1.04. The smallest absolute Gasteiger partial charge is 0.250 e. The highest BCUT2D eigenvalue weighted by Gasteiger charge is 2.25. The lowest BCUT2D eigenvalue weighted by atomic mass is 10.2. The standard InChI is InChI=1S/C9H14N2O2S2.ClH/c1-6-3-9(14-7(6)2)15(12,13)11-8-4-10-5-8;/h3,8,10-11H,4-5H2,1-2H3;1H. The van der Waals surface area contributed by atoms with Gasteiger partial charge in [-0.05, 0) is 25.5 Å². The molecule has 0 aliphatic carbocycles. The highest BCUT2D eigenvalue weighted by Crippen LogP contribution is 2.25. The van der Waals surface area contributed by atoms with Gasteiger partial charge in [-0.15, -0.1) is 23.7 Å². The molecule has 7 heteroatoms. The number of hydrogen-bond donors (Lipinski definition) is 2. The first-order chi connectivity index (χ1) is 6.99. The van der Waals surface area contributed by atoms with Gasteiger partial charge in [0.1, 0.15) is 4.21 Å². The summed E-state index contributed by atoms with van der Waals surface area (Å²) in [6.07, 6.45) is 0. The quantitative estimate of drug-likeness (QED) is 0.871. The van der Waals surface area contributed by atoms with Crippen LogP contribution in [0.4, 0.5) is 0 Å². The minimum absolute atomic E-state index is 0. The second-order valence-corrected chi connectivity index (χ2v) is 6.98. The molecule has 1 saturated heterocycles. The van der Waals surface area contributed by atoms with E-state index in [0.717, 1.165) is 23.5 Å². The van der Waals surface area contributed by atoms with Gasteiger partial charge in [-0.3, -0.25) is 0 Å². The summed E-state index contributed by atoms with van der Waals surface area (Å²) in [4.78, 5) is 1.06. The molecule has 0 saturated carbocycles. The fourth-order valence-corrected chi connectivity index (χ4v) is 4.09. The highest BCUT2D eigenvalue weighted by atomic mass is 35.5. The van der Waals surface area contributed by atoms with Crippen LogP contribution in [-0.4, -0.2) is 27.5 Å². The van der Waals surface area contributed by atoms with Crippen molar-refractivity contribution < 1.29 is 8.42 Å². The molecule has 0 atom stereocenters. The van der Waals surface area contributed by atoms with Crippen LogP contribution in [0.2, 0.25) is 0 Å². The van der Waals surface area contributed by atoms with E-state index in [9.17, 15) is 8.42 Å². The predicted molar refractivity (Wildman–Crippen MR) is 68.0 cm³/mol. The molecule has 1 fully saturated rings. The number of aryl methyl sites for hydroxylation is 2. The van der Waals surface area contributed by atoms with Crippen LogP contribution >= 0.6 is 23.7 Å². The Morgan fingerprint density at radius 3 is 2.44 bits per heavy atom. The van der Waals surface area contributed by atoms with E-state index in [2.05, 4.69) is 10.0 Å². The van der Waals surface area contributed by atoms with Crippen molar-refractivity contribution in [2.24, 2.45) is 0 Å². The Hall–Kier alpha value is -0.140. The summed E-state index contributed by atoms with van der Waals surface area (Å²) in [5.41, 5.74) is 1.03. The fraction of sp³-hybridized carbons (Fsp3) is 0.556. The molecule has 92 valence electrons. The fourth-order valence-electron chi connectivity index (χ4n) is 1.32. The lowest BCUT2D eigenvalue weighted by Crippen LogP contribution is -2.56. The van der Waals surface area contributed by atoms with Gasteiger partial charge >= 0.3 is 0 Å². The second-order valence-electron chi connectivity index (χ2n) is 3.78. The van der Waals surface area contributed by atoms with E-state index in [-0.39, 0.29) is 18.4 Å². The Kier molecular flexibility index (Phi) is 4.36. The minimum atomic E-state index is -3.29. The third-order valence-electron chi connectivity index (χ3n) is 2.51. The van der Waals surface area contributed by atoms with Gasteiger partial charge in [-0.2, -0.15) is 0 Å². The molecular formula is C9H15ClN2O2S2. The van der Waals surface area contributed by atoms with Gasteiger partial charge in [0.2, 0.25) is 10.0 Å². The molecule has 0 aromatic carbocycles. The van der Waals surface area contributed by atoms with E-state index in [1.165, 1.54) is 11.3 Å². The van der Waals surface area contributed by atoms with Crippen molar-refractivity contribution in [1.82, 2.24) is 10.0 Å². The molecule has 2 N–H and O–H groups in total. The molecule has 0 unspecified atom stereocenters. The van der Waals surface area contributed by atoms with E-state index >= 15 is 0 Å². The van der Waals surface area contributed by atoms with Crippen LogP contribution in [0.1, 0.15) is 10.4 Å². The topological polar surface area (TPSA) is 58.2 Å². The van der Waals surface area contributed by atoms with Crippen molar-refractivity contribution in [1.29, 1.82) is 0 Å². The molecule has 1 aromatic rings. The maximum absolute atomic E-state index is 11.9. The van der Waals surface area contributed by atoms with Crippen molar-refractivity contribution in [3.8, 4) is 0 Å². The van der Waals surface area contributed by atoms with Gasteiger partial charge < -0.3 is 5.32 Å². The van der Waals surface area contributed by atoms with Crippen molar-refractivity contribution in [2.45, 2.75) is 24.1 Å². The Morgan fingerprint density at radius 2 is 2.06 bits per heavy atom. The summed E-state index contributed by atoms with van der Waals surface area (Å²) in [5, 5.41) is 3.03. The lowest BCUT2D eigenvalue weighted by Gasteiger charge is -2.27. The number of sulfonamides is 1. The average Bonchev–Trinajstić information content (AvgIpc) is 2.41. The zero-order valence-corrected chi connectivity index (χ0v) is 11.6. The summed E-state index contributed by atoms with van der Waals surface area (Å²) in [7, 11) is -3.29. The first-order valence-electron chi connectivity index (χ1n) is 4.79. The van der Waals surface area contributed by atoms with Crippen molar-refractivity contribution in [2.75, 3.05) is 13.1 Å². The first kappa shape index (κ1) is 13.9. The molecule has 1 aromatic heterocycles. The van der Waals surface area contributed by atoms with Crippen molar-refractivity contribution in [3.05, 3.63) is 16.5 Å². The van der Waals surface area contributed by atoms with E-state index in [4.69, 9.17) is 0 Å². The molecule has 0 radical (unpaired) electrons. The SMILES string of the molecule is Cc1cc(S(=O)(=O)NC2CNC2)sc1C.Cl. The number of hydrogen-bond acceptors (Lipinski definition) is 4. The second kappa shape index (κ2) is 5.01. The summed E-state index contributed by atoms with van der Waals surface area (Å²) in [6, 6.07) is 1.78. The maximum atomic E-state index is 11.9. The van der Waals surface area contributed by atoms with Crippen LogP contribution in [0.15, 0.2) is 10.3 Å². The third-order valence-corrected chi connectivity index (χ3v) is 5.66. The lowest BCUT2D eigenvalue weighted by molar-refractivity contribution is 0.410. The van der Waals surface area contributed by atoms with Gasteiger partial charge in [0.25, 0.3) is 0 Å². The molecular weight excluding hydrogens is 268 g/mol. The Bertz CT molecular complexity index is 446. The minimum Gasteiger partial charge on any atom is -0.313 e. The van der Waals surface area contributed by atoms with Crippen LogP contribution < -0.4 is 10.0 Å². The van der Waals surface area contributed by atoms with E-state index in [1.807, 2.05) is 13.8 Å². The number of rotatable bonds is 3. The first-order valence-corrected chi connectivity index (χ1v) is 7.09. The molecule has 16 heavy (non-hydrogen) atoms. The van der Waals surface area contributed by atoms with E-state index in [0.29, 0.717) is 4.21 Å². The largest absolute Gasteiger partial charge is 0.313 e. The van der Waals surface area contributed by atoms with Crippen molar-refractivity contribution in [3.63, 3.8) is 0 Å². The maximum Gasteiger partial charge on any atom is 0.250 e. The summed E-state index contributed by atoms with van der Waals surface area (Å²) in [5.74, 6) is 0. The van der Waals surface area contributed by atoms with E-state index in [1.54, 1.807) is 6.07 Å². The van der Waals surface area contributed by atoms with Gasteiger partial charge in [0.05, 0.1) is 0 Å². The monoisotopic (exact) mass is 282 g/mol. The normalized spacial score (nSPS) is 16.6. The number of halogens is 1. The van der Waals surface area contributed by atoms with Crippen LogP contribution in [0.5, 0.6) is 0 Å². The molecule has 2 heterocycles. The van der Waals surface area contributed by atoms with Gasteiger partial charge in [0, 0.05) is 24.0 Å². The Balaban J connectivity index is 0.00000128. The summed E-state index contributed by atoms with van der Waals surface area (Å²) in [6.45, 7) is 5.31. The van der Waals surface area contributed by atoms with Crippen LogP contribution in [0, 0.1) is 13.8 Å². The zero-order valence-electron chi connectivity index (χ0n) is 9.11. The van der Waals surface area contributed by atoms with Gasteiger partial charge in [0.15, 0.2) is 0 Å². The average molecular weight is 283 g/mol. The zero-order chi connectivity index (χ0) is 11.1. The van der Waals surface area contributed by atoms with Crippen molar-refractivity contribution >= 4 is 33.8 Å². The molecule has 0 amide bonds.